The SMILES string of the molecule is Cc1cccc(NC(=O)/C(C#N)=C/c2ccccc2OCC(N)=O)c1. The van der Waals surface area contributed by atoms with Crippen molar-refractivity contribution in [2.45, 2.75) is 6.92 Å². The zero-order valence-electron chi connectivity index (χ0n) is 13.7. The maximum atomic E-state index is 12.3. The van der Waals surface area contributed by atoms with E-state index in [2.05, 4.69) is 5.32 Å². The number of benzene rings is 2. The molecule has 25 heavy (non-hydrogen) atoms. The van der Waals surface area contributed by atoms with Crippen molar-refractivity contribution in [1.82, 2.24) is 0 Å². The van der Waals surface area contributed by atoms with Crippen LogP contribution in [0.25, 0.3) is 6.08 Å². The van der Waals surface area contributed by atoms with Crippen LogP contribution in [0, 0.1) is 18.3 Å². The van der Waals surface area contributed by atoms with Gasteiger partial charge < -0.3 is 15.8 Å². The van der Waals surface area contributed by atoms with Crippen LogP contribution in [0.15, 0.2) is 54.1 Å². The first-order valence-electron chi connectivity index (χ1n) is 7.49. The summed E-state index contributed by atoms with van der Waals surface area (Å²) in [7, 11) is 0. The lowest BCUT2D eigenvalue weighted by Gasteiger charge is -2.08. The van der Waals surface area contributed by atoms with Gasteiger partial charge in [-0.3, -0.25) is 9.59 Å². The first kappa shape index (κ1) is 17.8. The van der Waals surface area contributed by atoms with Crippen LogP contribution in [0.2, 0.25) is 0 Å². The van der Waals surface area contributed by atoms with Crippen molar-refractivity contribution < 1.29 is 14.3 Å². The monoisotopic (exact) mass is 335 g/mol. The van der Waals surface area contributed by atoms with Gasteiger partial charge in [0.15, 0.2) is 6.61 Å². The fourth-order valence-electron chi connectivity index (χ4n) is 2.11. The highest BCUT2D eigenvalue weighted by molar-refractivity contribution is 6.09. The summed E-state index contributed by atoms with van der Waals surface area (Å²) in [4.78, 5) is 23.2. The summed E-state index contributed by atoms with van der Waals surface area (Å²) in [6.07, 6.45) is 1.40. The minimum Gasteiger partial charge on any atom is -0.483 e. The Labute approximate surface area is 145 Å². The predicted octanol–water partition coefficient (Wildman–Crippen LogP) is 2.40. The number of nitriles is 1. The van der Waals surface area contributed by atoms with Crippen molar-refractivity contribution in [3.8, 4) is 11.8 Å². The van der Waals surface area contributed by atoms with Crippen LogP contribution >= 0.6 is 0 Å². The van der Waals surface area contributed by atoms with Crippen molar-refractivity contribution in [1.29, 1.82) is 5.26 Å². The molecule has 3 N–H and O–H groups in total. The van der Waals surface area contributed by atoms with E-state index >= 15 is 0 Å². The van der Waals surface area contributed by atoms with Crippen LogP contribution in [0.4, 0.5) is 5.69 Å². The van der Waals surface area contributed by atoms with Gasteiger partial charge in [-0.25, -0.2) is 0 Å². The molecule has 2 aromatic carbocycles. The molecule has 0 aromatic heterocycles. The Morgan fingerprint density at radius 3 is 2.68 bits per heavy atom. The number of anilines is 1. The number of carbonyl (C=O) groups excluding carboxylic acids is 2. The van der Waals surface area contributed by atoms with Gasteiger partial charge in [-0.15, -0.1) is 0 Å². The van der Waals surface area contributed by atoms with Crippen molar-refractivity contribution in [3.05, 3.63) is 65.2 Å². The molecule has 126 valence electrons. The van der Waals surface area contributed by atoms with Crippen molar-refractivity contribution in [2.24, 2.45) is 5.73 Å². The quantitative estimate of drug-likeness (QED) is 0.624. The van der Waals surface area contributed by atoms with Gasteiger partial charge in [-0.05, 0) is 36.8 Å². The van der Waals surface area contributed by atoms with Gasteiger partial charge in [-0.2, -0.15) is 5.26 Å². The van der Waals surface area contributed by atoms with Crippen molar-refractivity contribution in [3.63, 3.8) is 0 Å². The predicted molar refractivity (Wildman–Crippen MR) is 94.5 cm³/mol. The number of nitrogens with one attached hydrogen (secondary N) is 1. The minimum atomic E-state index is -0.614. The van der Waals surface area contributed by atoms with E-state index in [1.807, 2.05) is 25.1 Å². The molecular formula is C19H17N3O3. The van der Waals surface area contributed by atoms with Gasteiger partial charge in [0.1, 0.15) is 17.4 Å². The van der Waals surface area contributed by atoms with Crippen LogP contribution < -0.4 is 15.8 Å². The number of amides is 2. The third-order valence-corrected chi connectivity index (χ3v) is 3.23. The third-order valence-electron chi connectivity index (χ3n) is 3.23. The summed E-state index contributed by atoms with van der Waals surface area (Å²) in [6, 6.07) is 15.9. The molecule has 6 heteroatoms. The van der Waals surface area contributed by atoms with E-state index in [0.717, 1.165) is 5.56 Å². The average Bonchev–Trinajstić information content (AvgIpc) is 2.58. The summed E-state index contributed by atoms with van der Waals surface area (Å²) in [6.45, 7) is 1.62. The lowest BCUT2D eigenvalue weighted by atomic mass is 10.1. The Hall–Kier alpha value is -3.59. The highest BCUT2D eigenvalue weighted by Crippen LogP contribution is 2.21. The number of nitrogens with zero attached hydrogens (tertiary/aromatic N) is 1. The normalized spacial score (nSPS) is 10.6. The van der Waals surface area contributed by atoms with Crippen LogP contribution in [-0.4, -0.2) is 18.4 Å². The van der Waals surface area contributed by atoms with Gasteiger partial charge in [0.05, 0.1) is 0 Å². The molecule has 0 bridgehead atoms. The second-order valence-corrected chi connectivity index (χ2v) is 5.29. The Morgan fingerprint density at radius 1 is 1.24 bits per heavy atom. The van der Waals surface area contributed by atoms with E-state index in [0.29, 0.717) is 17.0 Å². The van der Waals surface area contributed by atoms with E-state index in [1.54, 1.807) is 36.4 Å². The van der Waals surface area contributed by atoms with Crippen LogP contribution in [-0.2, 0) is 9.59 Å². The lowest BCUT2D eigenvalue weighted by molar-refractivity contribution is -0.120. The summed E-state index contributed by atoms with van der Waals surface area (Å²) in [5.41, 5.74) is 7.07. The number of para-hydroxylation sites is 1. The van der Waals surface area contributed by atoms with Gasteiger partial charge in [0.2, 0.25) is 0 Å². The number of carbonyl (C=O) groups is 2. The molecular weight excluding hydrogens is 318 g/mol. The van der Waals surface area contributed by atoms with Crippen molar-refractivity contribution in [2.75, 3.05) is 11.9 Å². The molecule has 2 amide bonds. The lowest BCUT2D eigenvalue weighted by Crippen LogP contribution is -2.20. The number of hydrogen-bond acceptors (Lipinski definition) is 4. The second kappa shape index (κ2) is 8.31. The Balaban J connectivity index is 2.23. The van der Waals surface area contributed by atoms with Gasteiger partial charge in [-0.1, -0.05) is 30.3 Å². The largest absolute Gasteiger partial charge is 0.483 e. The number of primary amides is 1. The molecule has 0 aliphatic carbocycles. The number of ether oxygens (including phenoxy) is 1. The molecule has 2 aromatic rings. The molecule has 0 saturated carbocycles. The van der Waals surface area contributed by atoms with Crippen LogP contribution in [0.3, 0.4) is 0 Å². The number of aryl methyl sites for hydroxylation is 1. The molecule has 0 radical (unpaired) electrons. The zero-order chi connectivity index (χ0) is 18.2. The summed E-state index contributed by atoms with van der Waals surface area (Å²) < 4.78 is 5.30. The smallest absolute Gasteiger partial charge is 0.266 e. The summed E-state index contributed by atoms with van der Waals surface area (Å²) in [5.74, 6) is -0.785. The Bertz CT molecular complexity index is 866. The maximum Gasteiger partial charge on any atom is 0.266 e. The first-order valence-corrected chi connectivity index (χ1v) is 7.49. The average molecular weight is 335 g/mol. The minimum absolute atomic E-state index is 0.0865. The van der Waals surface area contributed by atoms with E-state index in [4.69, 9.17) is 10.5 Å². The third kappa shape index (κ3) is 5.22. The van der Waals surface area contributed by atoms with E-state index in [-0.39, 0.29) is 12.2 Å². The second-order valence-electron chi connectivity index (χ2n) is 5.29. The molecule has 0 saturated heterocycles. The van der Waals surface area contributed by atoms with Crippen LogP contribution in [0.1, 0.15) is 11.1 Å². The standard InChI is InChI=1S/C19H17N3O3/c1-13-5-4-7-16(9-13)22-19(24)15(11-20)10-14-6-2-3-8-17(14)25-12-18(21)23/h2-10H,12H2,1H3,(H2,21,23)(H,22,24)/b15-10+. The van der Waals surface area contributed by atoms with Gasteiger partial charge in [0.25, 0.3) is 11.8 Å². The Morgan fingerprint density at radius 2 is 2.00 bits per heavy atom. The first-order chi connectivity index (χ1) is 12.0. The highest BCUT2D eigenvalue weighted by atomic mass is 16.5. The molecule has 0 spiro atoms. The fourth-order valence-corrected chi connectivity index (χ4v) is 2.11. The zero-order valence-corrected chi connectivity index (χ0v) is 13.7. The molecule has 2 rings (SSSR count). The highest BCUT2D eigenvalue weighted by Gasteiger charge is 2.11. The molecule has 0 unspecified atom stereocenters. The van der Waals surface area contributed by atoms with E-state index in [9.17, 15) is 14.9 Å². The molecule has 0 atom stereocenters. The maximum absolute atomic E-state index is 12.3. The van der Waals surface area contributed by atoms with Crippen LogP contribution in [0.5, 0.6) is 5.75 Å². The molecule has 6 nitrogen and oxygen atoms in total. The summed E-state index contributed by atoms with van der Waals surface area (Å²) in [5, 5.41) is 12.0. The van der Waals surface area contributed by atoms with Crippen molar-refractivity contribution >= 4 is 23.6 Å². The van der Waals surface area contributed by atoms with Gasteiger partial charge in [0, 0.05) is 11.3 Å². The number of hydrogen-bond donors (Lipinski definition) is 2. The molecule has 0 aliphatic rings. The number of nitrogens with two attached hydrogens (primary N) is 1. The molecule has 0 aliphatic heterocycles. The van der Waals surface area contributed by atoms with E-state index in [1.165, 1.54) is 6.08 Å². The Kier molecular flexibility index (Phi) is 5.91. The fraction of sp³-hybridized carbons (Fsp3) is 0.105. The summed E-state index contributed by atoms with van der Waals surface area (Å²) >= 11 is 0. The molecule has 0 fully saturated rings. The van der Waals surface area contributed by atoms with E-state index < -0.39 is 11.8 Å². The molecule has 0 heterocycles. The van der Waals surface area contributed by atoms with Gasteiger partial charge >= 0.3 is 0 Å². The topological polar surface area (TPSA) is 105 Å². The number of rotatable bonds is 6.